The van der Waals surface area contributed by atoms with E-state index in [1.807, 2.05) is 0 Å². The molecule has 0 spiro atoms. The van der Waals surface area contributed by atoms with Gasteiger partial charge < -0.3 is 4.74 Å². The predicted octanol–water partition coefficient (Wildman–Crippen LogP) is 3.36. The van der Waals surface area contributed by atoms with E-state index in [1.165, 1.54) is 37.6 Å². The van der Waals surface area contributed by atoms with Crippen molar-refractivity contribution in [3.63, 3.8) is 0 Å². The van der Waals surface area contributed by atoms with Gasteiger partial charge in [-0.05, 0) is 18.6 Å². The Bertz CT molecular complexity index is 462. The zero-order chi connectivity index (χ0) is 13.4. The van der Waals surface area contributed by atoms with Gasteiger partial charge in [0.2, 0.25) is 5.88 Å². The Morgan fingerprint density at radius 3 is 2.67 bits per heavy atom. The molecule has 0 aromatic carbocycles. The summed E-state index contributed by atoms with van der Waals surface area (Å²) >= 11 is 0. The summed E-state index contributed by atoms with van der Waals surface area (Å²) in [4.78, 5) is 3.82. The Morgan fingerprint density at radius 2 is 2.00 bits per heavy atom. The van der Waals surface area contributed by atoms with Gasteiger partial charge in [0.25, 0.3) is 9.05 Å². The van der Waals surface area contributed by atoms with Crippen LogP contribution < -0.4 is 4.74 Å². The first-order valence-electron chi connectivity index (χ1n) is 6.08. The highest BCUT2D eigenvalue weighted by molar-refractivity contribution is 8.13. The van der Waals surface area contributed by atoms with Crippen LogP contribution in [0.15, 0.2) is 23.2 Å². The number of hydrogen-bond donors (Lipinski definition) is 0. The average molecular weight is 292 g/mol. The third-order valence-corrected chi connectivity index (χ3v) is 3.82. The van der Waals surface area contributed by atoms with Crippen molar-refractivity contribution < 1.29 is 13.2 Å². The summed E-state index contributed by atoms with van der Waals surface area (Å²) in [5.74, 6) is 0.0861. The van der Waals surface area contributed by atoms with Crippen molar-refractivity contribution in [3.05, 3.63) is 18.3 Å². The van der Waals surface area contributed by atoms with Crippen molar-refractivity contribution in [2.45, 2.75) is 43.9 Å². The summed E-state index contributed by atoms with van der Waals surface area (Å²) in [5, 5.41) is 0. The fraction of sp³-hybridized carbons (Fsp3) is 0.583. The van der Waals surface area contributed by atoms with E-state index < -0.39 is 9.05 Å². The molecular formula is C12H18ClNO3S. The maximum absolute atomic E-state index is 11.3. The molecule has 1 aromatic heterocycles. The molecule has 102 valence electrons. The van der Waals surface area contributed by atoms with Crippen LogP contribution in [0.25, 0.3) is 0 Å². The van der Waals surface area contributed by atoms with E-state index >= 15 is 0 Å². The second-order valence-corrected chi connectivity index (χ2v) is 6.54. The molecule has 0 aliphatic rings. The van der Waals surface area contributed by atoms with Crippen LogP contribution in [0.5, 0.6) is 5.88 Å². The Hall–Kier alpha value is -0.810. The topological polar surface area (TPSA) is 56.3 Å². The fourth-order valence-electron chi connectivity index (χ4n) is 1.54. The van der Waals surface area contributed by atoms with E-state index in [4.69, 9.17) is 15.4 Å². The smallest absolute Gasteiger partial charge is 0.266 e. The lowest BCUT2D eigenvalue weighted by atomic mass is 10.2. The average Bonchev–Trinajstić information content (AvgIpc) is 2.33. The van der Waals surface area contributed by atoms with E-state index in [0.29, 0.717) is 6.61 Å². The maximum Gasteiger partial charge on any atom is 0.266 e. The zero-order valence-electron chi connectivity index (χ0n) is 10.4. The van der Waals surface area contributed by atoms with Gasteiger partial charge in [0.1, 0.15) is 4.90 Å². The molecule has 0 aliphatic heterocycles. The Balaban J connectivity index is 2.48. The zero-order valence-corrected chi connectivity index (χ0v) is 12.0. The molecular weight excluding hydrogens is 274 g/mol. The minimum Gasteiger partial charge on any atom is -0.477 e. The second-order valence-electron chi connectivity index (χ2n) is 4.01. The van der Waals surface area contributed by atoms with Crippen molar-refractivity contribution in [1.29, 1.82) is 0 Å². The minimum absolute atomic E-state index is 0.0692. The summed E-state index contributed by atoms with van der Waals surface area (Å²) in [6.45, 7) is 2.61. The first-order chi connectivity index (χ1) is 8.55. The van der Waals surface area contributed by atoms with Gasteiger partial charge in [0, 0.05) is 16.9 Å². The molecule has 0 atom stereocenters. The number of nitrogens with zero attached hydrogens (tertiary/aromatic N) is 1. The molecule has 0 saturated carbocycles. The van der Waals surface area contributed by atoms with Crippen LogP contribution in [0, 0.1) is 0 Å². The van der Waals surface area contributed by atoms with Gasteiger partial charge in [-0.25, -0.2) is 13.4 Å². The lowest BCUT2D eigenvalue weighted by molar-refractivity contribution is 0.285. The molecule has 0 amide bonds. The first-order valence-corrected chi connectivity index (χ1v) is 8.39. The van der Waals surface area contributed by atoms with E-state index in [9.17, 15) is 8.42 Å². The summed E-state index contributed by atoms with van der Waals surface area (Å²) in [6, 6.07) is 2.91. The highest BCUT2D eigenvalue weighted by Crippen LogP contribution is 2.24. The number of hydrogen-bond acceptors (Lipinski definition) is 4. The summed E-state index contributed by atoms with van der Waals surface area (Å²) in [7, 11) is 1.50. The lowest BCUT2D eigenvalue weighted by Gasteiger charge is -2.07. The number of pyridine rings is 1. The molecule has 0 radical (unpaired) electrons. The van der Waals surface area contributed by atoms with Crippen LogP contribution in [-0.4, -0.2) is 20.0 Å². The van der Waals surface area contributed by atoms with Crippen LogP contribution in [0.4, 0.5) is 0 Å². The van der Waals surface area contributed by atoms with Gasteiger partial charge in [0.15, 0.2) is 0 Å². The number of unbranched alkanes of at least 4 members (excludes halogenated alkanes) is 4. The molecule has 1 heterocycles. The SMILES string of the molecule is CCCCCCCOc1ncccc1S(=O)(=O)Cl. The molecule has 0 unspecified atom stereocenters. The van der Waals surface area contributed by atoms with Gasteiger partial charge in [-0.2, -0.15) is 0 Å². The lowest BCUT2D eigenvalue weighted by Crippen LogP contribution is -2.03. The second kappa shape index (κ2) is 7.59. The highest BCUT2D eigenvalue weighted by Gasteiger charge is 2.17. The Labute approximate surface area is 113 Å². The minimum atomic E-state index is -3.80. The summed E-state index contributed by atoms with van der Waals surface area (Å²) in [6.07, 6.45) is 7.02. The van der Waals surface area contributed by atoms with E-state index in [0.717, 1.165) is 12.8 Å². The van der Waals surface area contributed by atoms with Crippen molar-refractivity contribution >= 4 is 19.7 Å². The Kier molecular flexibility index (Phi) is 6.43. The molecule has 1 aromatic rings. The van der Waals surface area contributed by atoms with Gasteiger partial charge in [0.05, 0.1) is 6.61 Å². The van der Waals surface area contributed by atoms with Crippen LogP contribution >= 0.6 is 10.7 Å². The van der Waals surface area contributed by atoms with Crippen LogP contribution in [0.2, 0.25) is 0 Å². The number of aromatic nitrogens is 1. The fourth-order valence-corrected chi connectivity index (χ4v) is 2.46. The van der Waals surface area contributed by atoms with Gasteiger partial charge in [-0.1, -0.05) is 32.6 Å². The number of ether oxygens (including phenoxy) is 1. The van der Waals surface area contributed by atoms with E-state index in [-0.39, 0.29) is 10.8 Å². The standard InChI is InChI=1S/C12H18ClNO3S/c1-2-3-4-5-6-10-17-12-11(18(13,15)16)8-7-9-14-12/h7-9H,2-6,10H2,1H3. The quantitative estimate of drug-likeness (QED) is 0.544. The van der Waals surface area contributed by atoms with Crippen molar-refractivity contribution in [1.82, 2.24) is 4.98 Å². The molecule has 6 heteroatoms. The number of rotatable bonds is 8. The molecule has 1 rings (SSSR count). The normalized spacial score (nSPS) is 11.4. The molecule has 0 aliphatic carbocycles. The monoisotopic (exact) mass is 291 g/mol. The highest BCUT2D eigenvalue weighted by atomic mass is 35.7. The molecule has 0 N–H and O–H groups in total. The molecule has 0 fully saturated rings. The van der Waals surface area contributed by atoms with Crippen molar-refractivity contribution in [3.8, 4) is 5.88 Å². The van der Waals surface area contributed by atoms with Crippen LogP contribution in [-0.2, 0) is 9.05 Å². The van der Waals surface area contributed by atoms with Crippen LogP contribution in [0.3, 0.4) is 0 Å². The van der Waals surface area contributed by atoms with Crippen LogP contribution in [0.1, 0.15) is 39.0 Å². The molecule has 0 bridgehead atoms. The molecule has 18 heavy (non-hydrogen) atoms. The van der Waals surface area contributed by atoms with Gasteiger partial charge in [-0.15, -0.1) is 0 Å². The van der Waals surface area contributed by atoms with Crippen molar-refractivity contribution in [2.75, 3.05) is 6.61 Å². The summed E-state index contributed by atoms with van der Waals surface area (Å²) < 4.78 is 27.9. The molecule has 4 nitrogen and oxygen atoms in total. The van der Waals surface area contributed by atoms with Gasteiger partial charge >= 0.3 is 0 Å². The Morgan fingerprint density at radius 1 is 1.28 bits per heavy atom. The van der Waals surface area contributed by atoms with E-state index in [1.54, 1.807) is 0 Å². The van der Waals surface area contributed by atoms with Gasteiger partial charge in [-0.3, -0.25) is 0 Å². The molecule has 0 saturated heterocycles. The van der Waals surface area contributed by atoms with E-state index in [2.05, 4.69) is 11.9 Å². The first kappa shape index (κ1) is 15.2. The van der Waals surface area contributed by atoms with Crippen molar-refractivity contribution in [2.24, 2.45) is 0 Å². The maximum atomic E-state index is 11.3. The summed E-state index contributed by atoms with van der Waals surface area (Å²) in [5.41, 5.74) is 0. The largest absolute Gasteiger partial charge is 0.477 e. The predicted molar refractivity (Wildman–Crippen MR) is 71.5 cm³/mol. The third-order valence-electron chi connectivity index (χ3n) is 2.49. The third kappa shape index (κ3) is 5.23. The number of halogens is 1.